The monoisotopic (exact) mass is 478 g/mol. The van der Waals surface area contributed by atoms with Gasteiger partial charge >= 0.3 is 0 Å². The first kappa shape index (κ1) is 22.3. The molecular weight excluding hydrogens is 453 g/mol. The molecule has 1 aromatic carbocycles. The average Bonchev–Trinajstić information content (AvgIpc) is 3.02. The smallest absolute Gasteiger partial charge is 0.213 e. The van der Waals surface area contributed by atoms with Gasteiger partial charge in [-0.05, 0) is 25.1 Å². The van der Waals surface area contributed by atoms with Gasteiger partial charge in [-0.2, -0.15) is 0 Å². The lowest BCUT2D eigenvalue weighted by Crippen LogP contribution is -2.36. The van der Waals surface area contributed by atoms with Crippen LogP contribution in [0.25, 0.3) is 0 Å². The number of aromatic nitrogens is 1. The van der Waals surface area contributed by atoms with Crippen molar-refractivity contribution >= 4 is 29.9 Å². The van der Waals surface area contributed by atoms with Crippen molar-refractivity contribution in [2.75, 3.05) is 6.54 Å². The van der Waals surface area contributed by atoms with Gasteiger partial charge in [-0.15, -0.1) is 24.0 Å². The van der Waals surface area contributed by atoms with E-state index in [9.17, 15) is 8.78 Å². The molecule has 2 rings (SSSR count). The number of rotatable bonds is 5. The Morgan fingerprint density at radius 2 is 1.96 bits per heavy atom. The molecule has 0 saturated heterocycles. The second kappa shape index (κ2) is 9.84. The number of benzene rings is 1. The molecular formula is C18H25F2IN4O. The van der Waals surface area contributed by atoms with E-state index in [1.165, 1.54) is 0 Å². The predicted octanol–water partition coefficient (Wildman–Crippen LogP) is 4.12. The molecule has 0 radical (unpaired) electrons. The van der Waals surface area contributed by atoms with Crippen molar-refractivity contribution in [3.8, 4) is 0 Å². The fourth-order valence-corrected chi connectivity index (χ4v) is 2.07. The van der Waals surface area contributed by atoms with Crippen molar-refractivity contribution < 1.29 is 13.2 Å². The highest BCUT2D eigenvalue weighted by molar-refractivity contribution is 14.0. The Morgan fingerprint density at radius 3 is 2.58 bits per heavy atom. The van der Waals surface area contributed by atoms with Gasteiger partial charge in [0.05, 0.1) is 19.3 Å². The van der Waals surface area contributed by atoms with Crippen molar-refractivity contribution in [2.24, 2.45) is 4.99 Å². The van der Waals surface area contributed by atoms with Crippen LogP contribution in [0.2, 0.25) is 0 Å². The summed E-state index contributed by atoms with van der Waals surface area (Å²) in [5, 5.41) is 6.12. The Balaban J connectivity index is 0.00000338. The molecule has 8 heteroatoms. The minimum Gasteiger partial charge on any atom is -0.443 e. The summed E-state index contributed by atoms with van der Waals surface area (Å²) in [6.07, 6.45) is 1.71. The van der Waals surface area contributed by atoms with Gasteiger partial charge in [0.25, 0.3) is 0 Å². The number of nitrogens with one attached hydrogen (secondary N) is 2. The van der Waals surface area contributed by atoms with E-state index in [2.05, 4.69) is 20.6 Å². The summed E-state index contributed by atoms with van der Waals surface area (Å²) in [6.45, 7) is 9.06. The van der Waals surface area contributed by atoms with Crippen LogP contribution in [0.5, 0.6) is 0 Å². The number of halogens is 3. The first-order chi connectivity index (χ1) is 11.8. The van der Waals surface area contributed by atoms with Gasteiger partial charge in [0.15, 0.2) is 5.96 Å². The van der Waals surface area contributed by atoms with Crippen molar-refractivity contribution in [3.05, 3.63) is 53.2 Å². The van der Waals surface area contributed by atoms with Crippen molar-refractivity contribution in [1.29, 1.82) is 0 Å². The molecule has 0 unspecified atom stereocenters. The van der Waals surface area contributed by atoms with Crippen molar-refractivity contribution in [1.82, 2.24) is 15.6 Å². The van der Waals surface area contributed by atoms with Gasteiger partial charge < -0.3 is 15.1 Å². The maximum absolute atomic E-state index is 13.7. The molecule has 5 nitrogen and oxygen atoms in total. The summed E-state index contributed by atoms with van der Waals surface area (Å²) in [5.74, 6) is 0.838. The van der Waals surface area contributed by atoms with Gasteiger partial charge in [0, 0.05) is 17.5 Å². The predicted molar refractivity (Wildman–Crippen MR) is 109 cm³/mol. The number of hydrogen-bond acceptors (Lipinski definition) is 3. The molecule has 2 aromatic rings. The molecule has 0 bridgehead atoms. The highest BCUT2D eigenvalue weighted by Crippen LogP contribution is 2.22. The minimum absolute atomic E-state index is 0. The Morgan fingerprint density at radius 1 is 1.23 bits per heavy atom. The van der Waals surface area contributed by atoms with Crippen LogP contribution in [0.3, 0.4) is 0 Å². The molecule has 0 saturated carbocycles. The van der Waals surface area contributed by atoms with Crippen LogP contribution in [0.15, 0.2) is 33.8 Å². The normalized spacial score (nSPS) is 11.8. The lowest BCUT2D eigenvalue weighted by molar-refractivity contribution is 0.379. The average molecular weight is 478 g/mol. The van der Waals surface area contributed by atoms with Gasteiger partial charge in [-0.25, -0.2) is 18.8 Å². The summed E-state index contributed by atoms with van der Waals surface area (Å²) in [4.78, 5) is 8.51. The quantitative estimate of drug-likeness (QED) is 0.386. The zero-order chi connectivity index (χ0) is 18.4. The summed E-state index contributed by atoms with van der Waals surface area (Å²) >= 11 is 0. The Kier molecular flexibility index (Phi) is 8.45. The molecule has 0 aliphatic heterocycles. The van der Waals surface area contributed by atoms with E-state index in [1.54, 1.807) is 6.20 Å². The second-order valence-electron chi connectivity index (χ2n) is 6.65. The first-order valence-electron chi connectivity index (χ1n) is 8.21. The summed E-state index contributed by atoms with van der Waals surface area (Å²) in [7, 11) is 0. The van der Waals surface area contributed by atoms with Crippen LogP contribution in [0, 0.1) is 11.6 Å². The zero-order valence-electron chi connectivity index (χ0n) is 15.4. The Bertz CT molecular complexity index is 741. The Hall–Kier alpha value is -1.71. The molecule has 144 valence electrons. The third-order valence-corrected chi connectivity index (χ3v) is 3.46. The summed E-state index contributed by atoms with van der Waals surface area (Å²) < 4.78 is 32.6. The molecule has 0 spiro atoms. The maximum Gasteiger partial charge on any atom is 0.213 e. The fraction of sp³-hybridized carbons (Fsp3) is 0.444. The van der Waals surface area contributed by atoms with Gasteiger partial charge in [-0.3, -0.25) is 0 Å². The maximum atomic E-state index is 13.7. The van der Waals surface area contributed by atoms with Crippen LogP contribution >= 0.6 is 24.0 Å². The standard InChI is InChI=1S/C18H24F2N4O.HI/c1-5-21-17(23-9-12-8-13(19)6-7-14(12)20)24-11-16-22-10-15(25-16)18(2,3)4;/h6-8,10H,5,9,11H2,1-4H3,(H2,21,23,24);1H. The highest BCUT2D eigenvalue weighted by Gasteiger charge is 2.19. The van der Waals surface area contributed by atoms with E-state index in [0.717, 1.165) is 24.0 Å². The van der Waals surface area contributed by atoms with Crippen LogP contribution in [-0.4, -0.2) is 17.5 Å². The van der Waals surface area contributed by atoms with Crippen LogP contribution in [0.4, 0.5) is 8.78 Å². The Labute approximate surface area is 169 Å². The van der Waals surface area contributed by atoms with E-state index in [1.807, 2.05) is 27.7 Å². The number of nitrogens with zero attached hydrogens (tertiary/aromatic N) is 2. The van der Waals surface area contributed by atoms with E-state index in [-0.39, 0.29) is 41.5 Å². The fourth-order valence-electron chi connectivity index (χ4n) is 2.07. The van der Waals surface area contributed by atoms with E-state index in [4.69, 9.17) is 4.42 Å². The molecule has 1 aromatic heterocycles. The van der Waals surface area contributed by atoms with E-state index in [0.29, 0.717) is 24.9 Å². The number of hydrogen-bond donors (Lipinski definition) is 2. The number of guanidine groups is 1. The number of aliphatic imine (C=N–C) groups is 1. The molecule has 0 atom stereocenters. The largest absolute Gasteiger partial charge is 0.443 e. The summed E-state index contributed by atoms with van der Waals surface area (Å²) in [6, 6.07) is 3.33. The number of oxazole rings is 1. The highest BCUT2D eigenvalue weighted by atomic mass is 127. The lowest BCUT2D eigenvalue weighted by Gasteiger charge is -2.13. The van der Waals surface area contributed by atoms with E-state index < -0.39 is 11.6 Å². The molecule has 0 amide bonds. The lowest BCUT2D eigenvalue weighted by atomic mass is 9.94. The van der Waals surface area contributed by atoms with Gasteiger partial charge in [0.1, 0.15) is 17.4 Å². The van der Waals surface area contributed by atoms with Crippen LogP contribution < -0.4 is 10.6 Å². The van der Waals surface area contributed by atoms with Crippen LogP contribution in [-0.2, 0) is 18.5 Å². The molecule has 1 heterocycles. The van der Waals surface area contributed by atoms with Crippen LogP contribution in [0.1, 0.15) is 44.9 Å². The van der Waals surface area contributed by atoms with Crippen molar-refractivity contribution in [3.63, 3.8) is 0 Å². The SMILES string of the molecule is CCNC(=NCc1cc(F)ccc1F)NCc1ncc(C(C)(C)C)o1.I. The zero-order valence-corrected chi connectivity index (χ0v) is 17.7. The first-order valence-corrected chi connectivity index (χ1v) is 8.21. The van der Waals surface area contributed by atoms with Gasteiger partial charge in [-0.1, -0.05) is 20.8 Å². The molecule has 0 aliphatic rings. The van der Waals surface area contributed by atoms with E-state index >= 15 is 0 Å². The molecule has 2 N–H and O–H groups in total. The minimum atomic E-state index is -0.487. The van der Waals surface area contributed by atoms with Gasteiger partial charge in [0.2, 0.25) is 5.89 Å². The molecule has 0 aliphatic carbocycles. The molecule has 0 fully saturated rings. The topological polar surface area (TPSA) is 62.5 Å². The van der Waals surface area contributed by atoms with Crippen molar-refractivity contribution in [2.45, 2.75) is 46.2 Å². The summed E-state index contributed by atoms with van der Waals surface area (Å²) in [5.41, 5.74) is 0.0852. The second-order valence-corrected chi connectivity index (χ2v) is 6.65. The third kappa shape index (κ3) is 6.54. The molecule has 26 heavy (non-hydrogen) atoms. The third-order valence-electron chi connectivity index (χ3n) is 3.46.